The molecule has 76 valence electrons. The summed E-state index contributed by atoms with van der Waals surface area (Å²) in [6, 6.07) is 8.96. The van der Waals surface area contributed by atoms with Crippen molar-refractivity contribution in [3.63, 3.8) is 0 Å². The number of carboxylic acids is 1. The first-order valence-corrected chi connectivity index (χ1v) is 4.93. The van der Waals surface area contributed by atoms with Crippen LogP contribution >= 0.6 is 0 Å². The highest BCUT2D eigenvalue weighted by Gasteiger charge is 2.45. The van der Waals surface area contributed by atoms with Crippen LogP contribution in [0.5, 0.6) is 0 Å². The molecule has 1 aromatic rings. The standard InChI is InChI=1S/C12H11NO2/c13-8-9-3-1-4-10(7-9)12(11(14)15)5-2-6-12/h1,3-4,7H,2,5-6H2,(H,14,15). The third kappa shape index (κ3) is 1.39. The molecule has 2 rings (SSSR count). The van der Waals surface area contributed by atoms with Crippen LogP contribution in [0.4, 0.5) is 0 Å². The van der Waals surface area contributed by atoms with Crippen molar-refractivity contribution in [3.8, 4) is 6.07 Å². The number of rotatable bonds is 2. The molecule has 15 heavy (non-hydrogen) atoms. The van der Waals surface area contributed by atoms with Gasteiger partial charge in [-0.3, -0.25) is 4.79 Å². The van der Waals surface area contributed by atoms with Crippen molar-refractivity contribution in [2.45, 2.75) is 24.7 Å². The Morgan fingerprint density at radius 3 is 2.67 bits per heavy atom. The Bertz CT molecular complexity index is 441. The normalized spacial score (nSPS) is 17.5. The molecule has 1 saturated carbocycles. The molecule has 0 heterocycles. The number of carboxylic acid groups (broad SMARTS) is 1. The van der Waals surface area contributed by atoms with Crippen LogP contribution in [-0.4, -0.2) is 11.1 Å². The van der Waals surface area contributed by atoms with Gasteiger partial charge in [-0.05, 0) is 30.5 Å². The molecule has 1 aromatic carbocycles. The smallest absolute Gasteiger partial charge is 0.314 e. The quantitative estimate of drug-likeness (QED) is 0.796. The van der Waals surface area contributed by atoms with E-state index >= 15 is 0 Å². The number of benzene rings is 1. The fourth-order valence-electron chi connectivity index (χ4n) is 2.04. The summed E-state index contributed by atoms with van der Waals surface area (Å²) in [5, 5.41) is 18.0. The lowest BCUT2D eigenvalue weighted by Crippen LogP contribution is -2.42. The maximum atomic E-state index is 11.2. The molecule has 0 amide bonds. The van der Waals surface area contributed by atoms with Gasteiger partial charge in [0, 0.05) is 0 Å². The van der Waals surface area contributed by atoms with Crippen molar-refractivity contribution in [2.75, 3.05) is 0 Å². The van der Waals surface area contributed by atoms with Crippen LogP contribution in [0.3, 0.4) is 0 Å². The minimum Gasteiger partial charge on any atom is -0.481 e. The predicted molar refractivity (Wildman–Crippen MR) is 54.3 cm³/mol. The van der Waals surface area contributed by atoms with Crippen molar-refractivity contribution in [3.05, 3.63) is 35.4 Å². The van der Waals surface area contributed by atoms with Gasteiger partial charge in [0.2, 0.25) is 0 Å². The summed E-state index contributed by atoms with van der Waals surface area (Å²) in [6.07, 6.45) is 2.30. The van der Waals surface area contributed by atoms with Gasteiger partial charge in [-0.2, -0.15) is 5.26 Å². The zero-order valence-electron chi connectivity index (χ0n) is 8.23. The van der Waals surface area contributed by atoms with E-state index in [0.717, 1.165) is 12.0 Å². The first-order valence-electron chi connectivity index (χ1n) is 4.93. The van der Waals surface area contributed by atoms with Gasteiger partial charge in [-0.25, -0.2) is 0 Å². The van der Waals surface area contributed by atoms with E-state index in [1.807, 2.05) is 6.07 Å². The zero-order valence-corrected chi connectivity index (χ0v) is 8.23. The van der Waals surface area contributed by atoms with Gasteiger partial charge in [0.1, 0.15) is 0 Å². The Balaban J connectivity index is 2.44. The molecule has 0 spiro atoms. The third-order valence-corrected chi connectivity index (χ3v) is 3.16. The van der Waals surface area contributed by atoms with Gasteiger partial charge in [0.15, 0.2) is 0 Å². The second-order valence-corrected chi connectivity index (χ2v) is 3.93. The number of hydrogen-bond acceptors (Lipinski definition) is 2. The Labute approximate surface area is 88.0 Å². The minimum absolute atomic E-state index is 0.528. The average Bonchev–Trinajstić information content (AvgIpc) is 2.16. The molecule has 3 heteroatoms. The van der Waals surface area contributed by atoms with E-state index in [4.69, 9.17) is 5.26 Å². The van der Waals surface area contributed by atoms with Crippen LogP contribution in [0.15, 0.2) is 24.3 Å². The minimum atomic E-state index is -0.774. The van der Waals surface area contributed by atoms with E-state index in [-0.39, 0.29) is 0 Å². The highest BCUT2D eigenvalue weighted by Crippen LogP contribution is 2.44. The molecule has 0 radical (unpaired) electrons. The topological polar surface area (TPSA) is 61.1 Å². The second-order valence-electron chi connectivity index (χ2n) is 3.93. The van der Waals surface area contributed by atoms with Crippen LogP contribution in [0.2, 0.25) is 0 Å². The van der Waals surface area contributed by atoms with Crippen molar-refractivity contribution < 1.29 is 9.90 Å². The Morgan fingerprint density at radius 1 is 1.47 bits per heavy atom. The third-order valence-electron chi connectivity index (χ3n) is 3.16. The lowest BCUT2D eigenvalue weighted by atomic mass is 9.64. The molecule has 1 aliphatic carbocycles. The number of aliphatic carboxylic acids is 1. The summed E-state index contributed by atoms with van der Waals surface area (Å²) in [5.41, 5.74) is 0.563. The molecular weight excluding hydrogens is 190 g/mol. The molecule has 0 saturated heterocycles. The molecular formula is C12H11NO2. The first kappa shape index (κ1) is 9.72. The first-order chi connectivity index (χ1) is 7.19. The molecule has 0 atom stereocenters. The Morgan fingerprint density at radius 2 is 2.20 bits per heavy atom. The number of carbonyl (C=O) groups is 1. The van der Waals surface area contributed by atoms with Crippen molar-refractivity contribution >= 4 is 5.97 Å². The SMILES string of the molecule is N#Cc1cccc(C2(C(=O)O)CCC2)c1. The van der Waals surface area contributed by atoms with Gasteiger partial charge in [-0.15, -0.1) is 0 Å². The van der Waals surface area contributed by atoms with Crippen molar-refractivity contribution in [1.29, 1.82) is 5.26 Å². The van der Waals surface area contributed by atoms with Gasteiger partial charge in [-0.1, -0.05) is 18.6 Å². The summed E-state index contributed by atoms with van der Waals surface area (Å²) in [5.74, 6) is -0.774. The monoisotopic (exact) mass is 201 g/mol. The highest BCUT2D eigenvalue weighted by atomic mass is 16.4. The van der Waals surface area contributed by atoms with Crippen LogP contribution < -0.4 is 0 Å². The molecule has 0 aliphatic heterocycles. The number of nitrogens with zero attached hydrogens (tertiary/aromatic N) is 1. The predicted octanol–water partition coefficient (Wildman–Crippen LogP) is 2.06. The number of nitriles is 1. The van der Waals surface area contributed by atoms with E-state index in [2.05, 4.69) is 0 Å². The van der Waals surface area contributed by atoms with Gasteiger partial charge in [0.25, 0.3) is 0 Å². The van der Waals surface area contributed by atoms with Crippen LogP contribution in [-0.2, 0) is 10.2 Å². The molecule has 0 unspecified atom stereocenters. The molecule has 0 bridgehead atoms. The van der Waals surface area contributed by atoms with Crippen molar-refractivity contribution in [1.82, 2.24) is 0 Å². The largest absolute Gasteiger partial charge is 0.481 e. The van der Waals surface area contributed by atoms with Gasteiger partial charge < -0.3 is 5.11 Å². The Kier molecular flexibility index (Phi) is 2.20. The van der Waals surface area contributed by atoms with Crippen LogP contribution in [0.25, 0.3) is 0 Å². The van der Waals surface area contributed by atoms with E-state index in [1.165, 1.54) is 0 Å². The molecule has 1 fully saturated rings. The summed E-state index contributed by atoms with van der Waals surface area (Å²) in [7, 11) is 0. The fourth-order valence-corrected chi connectivity index (χ4v) is 2.04. The van der Waals surface area contributed by atoms with Crippen LogP contribution in [0.1, 0.15) is 30.4 Å². The van der Waals surface area contributed by atoms with E-state index in [9.17, 15) is 9.90 Å². The maximum Gasteiger partial charge on any atom is 0.314 e. The lowest BCUT2D eigenvalue weighted by molar-refractivity contribution is -0.147. The summed E-state index contributed by atoms with van der Waals surface area (Å²) in [6.45, 7) is 0. The molecule has 0 aromatic heterocycles. The Hall–Kier alpha value is -1.82. The van der Waals surface area contributed by atoms with E-state index < -0.39 is 11.4 Å². The summed E-state index contributed by atoms with van der Waals surface area (Å²) >= 11 is 0. The summed E-state index contributed by atoms with van der Waals surface area (Å²) in [4.78, 5) is 11.2. The van der Waals surface area contributed by atoms with Crippen molar-refractivity contribution in [2.24, 2.45) is 0 Å². The molecule has 1 aliphatic rings. The second kappa shape index (κ2) is 3.39. The summed E-state index contributed by atoms with van der Waals surface area (Å²) < 4.78 is 0. The highest BCUT2D eigenvalue weighted by molar-refractivity contribution is 5.82. The molecule has 1 N–H and O–H groups in total. The van der Waals surface area contributed by atoms with E-state index in [1.54, 1.807) is 24.3 Å². The van der Waals surface area contributed by atoms with Gasteiger partial charge in [0.05, 0.1) is 17.0 Å². The van der Waals surface area contributed by atoms with Gasteiger partial charge >= 0.3 is 5.97 Å². The maximum absolute atomic E-state index is 11.2. The van der Waals surface area contributed by atoms with Crippen LogP contribution in [0, 0.1) is 11.3 Å². The number of hydrogen-bond donors (Lipinski definition) is 1. The average molecular weight is 201 g/mol. The lowest BCUT2D eigenvalue weighted by Gasteiger charge is -2.38. The molecule has 3 nitrogen and oxygen atoms in total. The fraction of sp³-hybridized carbons (Fsp3) is 0.333. The van der Waals surface area contributed by atoms with E-state index in [0.29, 0.717) is 18.4 Å². The zero-order chi connectivity index (χ0) is 10.9.